The second-order valence-electron chi connectivity index (χ2n) is 8.72. The SMILES string of the molecule is CC(C)(C)N1c2ccccc2Nc2c1nc1ccccc1c2Cc1ccccc1F. The van der Waals surface area contributed by atoms with E-state index in [4.69, 9.17) is 4.98 Å². The smallest absolute Gasteiger partial charge is 0.158 e. The van der Waals surface area contributed by atoms with E-state index in [1.807, 2.05) is 42.5 Å². The van der Waals surface area contributed by atoms with Gasteiger partial charge in [-0.05, 0) is 56.2 Å². The van der Waals surface area contributed by atoms with Gasteiger partial charge >= 0.3 is 0 Å². The third kappa shape index (κ3) is 3.00. The number of pyridine rings is 1. The maximum absolute atomic E-state index is 14.6. The summed E-state index contributed by atoms with van der Waals surface area (Å²) in [6, 6.07) is 23.4. The minimum atomic E-state index is -0.184. The number of para-hydroxylation sites is 3. The molecule has 4 heteroatoms. The monoisotopic (exact) mass is 397 g/mol. The summed E-state index contributed by atoms with van der Waals surface area (Å²) in [6.45, 7) is 6.56. The van der Waals surface area contributed by atoms with E-state index in [9.17, 15) is 4.39 Å². The van der Waals surface area contributed by atoms with Crippen LogP contribution in [0, 0.1) is 5.82 Å². The third-order valence-corrected chi connectivity index (χ3v) is 5.59. The zero-order valence-corrected chi connectivity index (χ0v) is 17.4. The molecule has 0 spiro atoms. The molecule has 1 aliphatic heterocycles. The summed E-state index contributed by atoms with van der Waals surface area (Å²) in [5.41, 5.74) is 5.55. The molecule has 0 saturated heterocycles. The Bertz CT molecular complexity index is 1260. The van der Waals surface area contributed by atoms with Gasteiger partial charge in [0, 0.05) is 17.3 Å². The molecule has 1 N–H and O–H groups in total. The standard InChI is InChI=1S/C26H24FN3/c1-26(2,3)30-23-15-9-8-14-22(23)28-24-19(16-17-10-4-6-12-20(17)27)18-11-5-7-13-21(18)29-25(24)30/h4-15,28H,16H2,1-3H3. The van der Waals surface area contributed by atoms with Gasteiger partial charge in [-0.1, -0.05) is 48.5 Å². The maximum Gasteiger partial charge on any atom is 0.158 e. The number of rotatable bonds is 2. The van der Waals surface area contributed by atoms with Crippen LogP contribution in [0.5, 0.6) is 0 Å². The van der Waals surface area contributed by atoms with E-state index < -0.39 is 0 Å². The number of hydrogen-bond acceptors (Lipinski definition) is 3. The summed E-state index contributed by atoms with van der Waals surface area (Å²) >= 11 is 0. The molecule has 3 aromatic carbocycles. The van der Waals surface area contributed by atoms with Gasteiger partial charge in [0.1, 0.15) is 5.82 Å². The van der Waals surface area contributed by atoms with Gasteiger partial charge in [0.15, 0.2) is 5.82 Å². The zero-order chi connectivity index (χ0) is 20.9. The average Bonchev–Trinajstić information content (AvgIpc) is 2.72. The van der Waals surface area contributed by atoms with Gasteiger partial charge in [0.05, 0.1) is 22.6 Å². The van der Waals surface area contributed by atoms with Crippen molar-refractivity contribution in [1.82, 2.24) is 4.98 Å². The topological polar surface area (TPSA) is 28.2 Å². The molecule has 0 unspecified atom stereocenters. The molecule has 0 amide bonds. The molecule has 5 rings (SSSR count). The van der Waals surface area contributed by atoms with Crippen LogP contribution in [-0.2, 0) is 6.42 Å². The lowest BCUT2D eigenvalue weighted by Gasteiger charge is -2.42. The summed E-state index contributed by atoms with van der Waals surface area (Å²) in [5.74, 6) is 0.697. The second kappa shape index (κ2) is 6.84. The number of halogens is 1. The minimum absolute atomic E-state index is 0.183. The molecular weight excluding hydrogens is 373 g/mol. The summed E-state index contributed by atoms with van der Waals surface area (Å²) in [6.07, 6.45) is 0.491. The van der Waals surface area contributed by atoms with Crippen molar-refractivity contribution in [2.24, 2.45) is 0 Å². The van der Waals surface area contributed by atoms with Crippen LogP contribution in [0.2, 0.25) is 0 Å². The first-order valence-corrected chi connectivity index (χ1v) is 10.2. The quantitative estimate of drug-likeness (QED) is 0.396. The summed E-state index contributed by atoms with van der Waals surface area (Å²) in [7, 11) is 0. The molecule has 0 fully saturated rings. The lowest BCUT2D eigenvalue weighted by Crippen LogP contribution is -2.40. The predicted octanol–water partition coefficient (Wildman–Crippen LogP) is 6.96. The lowest BCUT2D eigenvalue weighted by atomic mass is 9.95. The van der Waals surface area contributed by atoms with Crippen LogP contribution in [0.4, 0.5) is 27.3 Å². The first-order chi connectivity index (χ1) is 14.4. The van der Waals surface area contributed by atoms with Crippen LogP contribution in [0.25, 0.3) is 10.9 Å². The largest absolute Gasteiger partial charge is 0.351 e. The van der Waals surface area contributed by atoms with Crippen LogP contribution >= 0.6 is 0 Å². The average molecular weight is 397 g/mol. The fourth-order valence-electron chi connectivity index (χ4n) is 4.28. The summed E-state index contributed by atoms with van der Waals surface area (Å²) in [4.78, 5) is 7.34. The Kier molecular flexibility index (Phi) is 4.24. The number of nitrogens with zero attached hydrogens (tertiary/aromatic N) is 2. The van der Waals surface area contributed by atoms with Gasteiger partial charge < -0.3 is 10.2 Å². The van der Waals surface area contributed by atoms with Gasteiger partial charge in [0.2, 0.25) is 0 Å². The Morgan fingerprint density at radius 2 is 1.60 bits per heavy atom. The Labute approximate surface area is 176 Å². The van der Waals surface area contributed by atoms with Crippen molar-refractivity contribution in [2.45, 2.75) is 32.7 Å². The van der Waals surface area contributed by atoms with Gasteiger partial charge in [-0.3, -0.25) is 0 Å². The molecule has 0 atom stereocenters. The summed E-state index contributed by atoms with van der Waals surface area (Å²) in [5, 5.41) is 4.66. The van der Waals surface area contributed by atoms with Crippen molar-refractivity contribution in [3.05, 3.63) is 89.7 Å². The van der Waals surface area contributed by atoms with E-state index in [2.05, 4.69) is 49.2 Å². The van der Waals surface area contributed by atoms with Crippen LogP contribution in [0.1, 0.15) is 31.9 Å². The Morgan fingerprint density at radius 1 is 0.900 bits per heavy atom. The fraction of sp³-hybridized carbons (Fsp3) is 0.192. The minimum Gasteiger partial charge on any atom is -0.351 e. The highest BCUT2D eigenvalue weighted by Crippen LogP contribution is 2.49. The molecule has 0 bridgehead atoms. The molecule has 0 radical (unpaired) electrons. The molecule has 1 aliphatic rings. The van der Waals surface area contributed by atoms with Crippen molar-refractivity contribution >= 4 is 33.8 Å². The van der Waals surface area contributed by atoms with E-state index in [0.717, 1.165) is 39.3 Å². The first kappa shape index (κ1) is 18.6. The number of anilines is 4. The molecular formula is C26H24FN3. The molecule has 3 nitrogen and oxygen atoms in total. The van der Waals surface area contributed by atoms with Gasteiger partial charge in [-0.2, -0.15) is 0 Å². The molecule has 0 aliphatic carbocycles. The van der Waals surface area contributed by atoms with E-state index in [0.29, 0.717) is 12.0 Å². The molecule has 2 heterocycles. The van der Waals surface area contributed by atoms with Crippen molar-refractivity contribution in [3.63, 3.8) is 0 Å². The highest BCUT2D eigenvalue weighted by Gasteiger charge is 2.34. The van der Waals surface area contributed by atoms with Gasteiger partial charge in [-0.25, -0.2) is 9.37 Å². The molecule has 150 valence electrons. The Morgan fingerprint density at radius 3 is 2.40 bits per heavy atom. The molecule has 0 saturated carbocycles. The van der Waals surface area contributed by atoms with Crippen molar-refractivity contribution < 1.29 is 4.39 Å². The van der Waals surface area contributed by atoms with E-state index in [1.54, 1.807) is 6.07 Å². The normalized spacial score (nSPS) is 13.0. The summed E-state index contributed by atoms with van der Waals surface area (Å²) < 4.78 is 14.6. The second-order valence-corrected chi connectivity index (χ2v) is 8.72. The van der Waals surface area contributed by atoms with Crippen LogP contribution in [-0.4, -0.2) is 10.5 Å². The maximum atomic E-state index is 14.6. The molecule has 1 aromatic heterocycles. The van der Waals surface area contributed by atoms with Crippen molar-refractivity contribution in [2.75, 3.05) is 10.2 Å². The highest BCUT2D eigenvalue weighted by atomic mass is 19.1. The van der Waals surface area contributed by atoms with Crippen LogP contribution in [0.3, 0.4) is 0 Å². The number of aromatic nitrogens is 1. The fourth-order valence-corrected chi connectivity index (χ4v) is 4.28. The first-order valence-electron chi connectivity index (χ1n) is 10.2. The van der Waals surface area contributed by atoms with Crippen molar-refractivity contribution in [1.29, 1.82) is 0 Å². The molecule has 4 aromatic rings. The van der Waals surface area contributed by atoms with Gasteiger partial charge in [-0.15, -0.1) is 0 Å². The predicted molar refractivity (Wildman–Crippen MR) is 123 cm³/mol. The highest BCUT2D eigenvalue weighted by molar-refractivity contribution is 5.99. The zero-order valence-electron chi connectivity index (χ0n) is 17.4. The number of nitrogens with one attached hydrogen (secondary N) is 1. The third-order valence-electron chi connectivity index (χ3n) is 5.59. The Balaban J connectivity index is 1.81. The molecule has 30 heavy (non-hydrogen) atoms. The number of hydrogen-bond donors (Lipinski definition) is 1. The van der Waals surface area contributed by atoms with E-state index >= 15 is 0 Å². The Hall–Kier alpha value is -3.40. The van der Waals surface area contributed by atoms with E-state index in [1.165, 1.54) is 6.07 Å². The van der Waals surface area contributed by atoms with Gasteiger partial charge in [0.25, 0.3) is 0 Å². The number of fused-ring (bicyclic) bond motifs is 3. The van der Waals surface area contributed by atoms with E-state index in [-0.39, 0.29) is 11.4 Å². The van der Waals surface area contributed by atoms with Crippen molar-refractivity contribution in [3.8, 4) is 0 Å². The van der Waals surface area contributed by atoms with Crippen LogP contribution in [0.15, 0.2) is 72.8 Å². The van der Waals surface area contributed by atoms with Crippen LogP contribution < -0.4 is 10.2 Å². The lowest BCUT2D eigenvalue weighted by molar-refractivity contribution is 0.555. The number of benzene rings is 3.